The zero-order valence-corrected chi connectivity index (χ0v) is 7.81. The topological polar surface area (TPSA) is 12.5 Å². The van der Waals surface area contributed by atoms with Gasteiger partial charge in [0.25, 0.3) is 0 Å². The van der Waals surface area contributed by atoms with Crippen LogP contribution in [0, 0.1) is 0 Å². The molecule has 0 atom stereocenters. The third-order valence-electron chi connectivity index (χ3n) is 2.13. The maximum atomic E-state index is 5.96. The van der Waals surface area contributed by atoms with Crippen molar-refractivity contribution >= 4 is 11.6 Å². The molecule has 1 aliphatic heterocycles. The molecule has 0 unspecified atom stereocenters. The summed E-state index contributed by atoms with van der Waals surface area (Å²) in [5, 5.41) is 0.411. The molecule has 0 bridgehead atoms. The summed E-state index contributed by atoms with van der Waals surface area (Å²) >= 11 is 5.96. The molecule has 1 rings (SSSR count). The minimum Gasteiger partial charge on any atom is -0.383 e. The van der Waals surface area contributed by atoms with Crippen LogP contribution in [0.4, 0.5) is 0 Å². The van der Waals surface area contributed by atoms with Crippen molar-refractivity contribution in [2.24, 2.45) is 0 Å². The van der Waals surface area contributed by atoms with E-state index in [1.807, 2.05) is 0 Å². The van der Waals surface area contributed by atoms with Gasteiger partial charge < -0.3 is 9.64 Å². The van der Waals surface area contributed by atoms with Gasteiger partial charge in [-0.3, -0.25) is 0 Å². The minimum atomic E-state index is 0.411. The quantitative estimate of drug-likeness (QED) is 0.604. The molecule has 2 nitrogen and oxygen atoms in total. The average Bonchev–Trinajstić information content (AvgIpc) is 2.04. The van der Waals surface area contributed by atoms with Gasteiger partial charge in [-0.05, 0) is 25.9 Å². The number of ether oxygens (including phenoxy) is 1. The highest BCUT2D eigenvalue weighted by molar-refractivity contribution is 6.20. The van der Waals surface area contributed by atoms with Gasteiger partial charge in [0.05, 0.1) is 6.61 Å². The summed E-state index contributed by atoms with van der Waals surface area (Å²) in [6, 6.07) is 0. The Labute approximate surface area is 73.5 Å². The number of likely N-dealkylation sites (tertiary alicyclic amines) is 1. The molecule has 0 amide bonds. The number of rotatable bonds is 3. The first kappa shape index (κ1) is 9.30. The van der Waals surface area contributed by atoms with Crippen molar-refractivity contribution < 1.29 is 4.74 Å². The van der Waals surface area contributed by atoms with E-state index < -0.39 is 0 Å². The lowest BCUT2D eigenvalue weighted by atomic mass is 10.1. The molecule has 0 saturated carbocycles. The number of methoxy groups -OCH3 is 1. The van der Waals surface area contributed by atoms with Crippen molar-refractivity contribution in [3.05, 3.63) is 0 Å². The molecule has 0 radical (unpaired) electrons. The molecular formula is C8H16ClNO. The zero-order chi connectivity index (χ0) is 8.10. The standard InChI is InChI=1S/C8H16ClNO/c1-11-7-6-10-4-2-8(9)3-5-10/h8H,2-7H2,1H3. The van der Waals surface area contributed by atoms with E-state index in [9.17, 15) is 0 Å². The number of hydrogen-bond donors (Lipinski definition) is 0. The lowest BCUT2D eigenvalue weighted by Crippen LogP contribution is -2.36. The Hall–Kier alpha value is 0.210. The second kappa shape index (κ2) is 4.96. The van der Waals surface area contributed by atoms with Gasteiger partial charge in [0.2, 0.25) is 0 Å². The molecule has 0 aromatic rings. The number of piperidine rings is 1. The van der Waals surface area contributed by atoms with Crippen LogP contribution < -0.4 is 0 Å². The van der Waals surface area contributed by atoms with E-state index in [0.717, 1.165) is 39.1 Å². The van der Waals surface area contributed by atoms with E-state index >= 15 is 0 Å². The predicted molar refractivity (Wildman–Crippen MR) is 47.2 cm³/mol. The first-order valence-electron chi connectivity index (χ1n) is 4.18. The van der Waals surface area contributed by atoms with Gasteiger partial charge in [-0.25, -0.2) is 0 Å². The summed E-state index contributed by atoms with van der Waals surface area (Å²) < 4.78 is 5.00. The van der Waals surface area contributed by atoms with Crippen LogP contribution in [0.3, 0.4) is 0 Å². The Morgan fingerprint density at radius 3 is 2.64 bits per heavy atom. The van der Waals surface area contributed by atoms with Crippen molar-refractivity contribution in [1.29, 1.82) is 0 Å². The van der Waals surface area contributed by atoms with Crippen molar-refractivity contribution in [3.8, 4) is 0 Å². The van der Waals surface area contributed by atoms with Crippen molar-refractivity contribution in [2.45, 2.75) is 18.2 Å². The van der Waals surface area contributed by atoms with Gasteiger partial charge in [0.1, 0.15) is 0 Å². The zero-order valence-electron chi connectivity index (χ0n) is 7.05. The Morgan fingerprint density at radius 1 is 1.45 bits per heavy atom. The average molecular weight is 178 g/mol. The summed E-state index contributed by atoms with van der Waals surface area (Å²) in [7, 11) is 1.74. The van der Waals surface area contributed by atoms with Gasteiger partial charge in [0, 0.05) is 19.0 Å². The molecule has 0 N–H and O–H groups in total. The molecule has 1 fully saturated rings. The highest BCUT2D eigenvalue weighted by Crippen LogP contribution is 2.14. The van der Waals surface area contributed by atoms with E-state index in [1.165, 1.54) is 0 Å². The molecule has 0 spiro atoms. The largest absolute Gasteiger partial charge is 0.383 e. The first-order chi connectivity index (χ1) is 5.33. The molecule has 1 aliphatic rings. The lowest BCUT2D eigenvalue weighted by molar-refractivity contribution is 0.136. The molecule has 0 aliphatic carbocycles. The fourth-order valence-electron chi connectivity index (χ4n) is 1.35. The highest BCUT2D eigenvalue weighted by Gasteiger charge is 2.15. The van der Waals surface area contributed by atoms with E-state index in [-0.39, 0.29) is 0 Å². The van der Waals surface area contributed by atoms with E-state index in [1.54, 1.807) is 7.11 Å². The summed E-state index contributed by atoms with van der Waals surface area (Å²) in [5.41, 5.74) is 0. The van der Waals surface area contributed by atoms with E-state index in [2.05, 4.69) is 4.90 Å². The molecule has 0 aromatic heterocycles. The van der Waals surface area contributed by atoms with Crippen LogP contribution in [0.5, 0.6) is 0 Å². The van der Waals surface area contributed by atoms with Gasteiger partial charge in [-0.2, -0.15) is 0 Å². The fraction of sp³-hybridized carbons (Fsp3) is 1.00. The van der Waals surface area contributed by atoms with Crippen LogP contribution in [-0.2, 0) is 4.74 Å². The van der Waals surface area contributed by atoms with Gasteiger partial charge >= 0.3 is 0 Å². The molecule has 1 heterocycles. The van der Waals surface area contributed by atoms with Crippen LogP contribution >= 0.6 is 11.6 Å². The highest BCUT2D eigenvalue weighted by atomic mass is 35.5. The minimum absolute atomic E-state index is 0.411. The maximum absolute atomic E-state index is 5.96. The second-order valence-corrected chi connectivity index (χ2v) is 3.63. The summed E-state index contributed by atoms with van der Waals surface area (Å²) in [4.78, 5) is 2.41. The van der Waals surface area contributed by atoms with Crippen LogP contribution in [0.25, 0.3) is 0 Å². The summed E-state index contributed by atoms with van der Waals surface area (Å²) in [6.45, 7) is 4.17. The fourth-order valence-corrected chi connectivity index (χ4v) is 1.54. The van der Waals surface area contributed by atoms with E-state index in [4.69, 9.17) is 16.3 Å². The third-order valence-corrected chi connectivity index (χ3v) is 2.57. The monoisotopic (exact) mass is 177 g/mol. The third kappa shape index (κ3) is 3.41. The smallest absolute Gasteiger partial charge is 0.0589 e. The van der Waals surface area contributed by atoms with Gasteiger partial charge in [0.15, 0.2) is 0 Å². The normalized spacial score (nSPS) is 22.4. The molecule has 66 valence electrons. The molecule has 0 aromatic carbocycles. The molecular weight excluding hydrogens is 162 g/mol. The summed E-state index contributed by atoms with van der Waals surface area (Å²) in [6.07, 6.45) is 2.26. The van der Waals surface area contributed by atoms with Crippen molar-refractivity contribution in [2.75, 3.05) is 33.4 Å². The Morgan fingerprint density at radius 2 is 2.09 bits per heavy atom. The molecule has 11 heavy (non-hydrogen) atoms. The Bertz CT molecular complexity index is 99.5. The summed E-state index contributed by atoms with van der Waals surface area (Å²) in [5.74, 6) is 0. The lowest BCUT2D eigenvalue weighted by Gasteiger charge is -2.28. The molecule has 3 heteroatoms. The number of alkyl halides is 1. The van der Waals surface area contributed by atoms with Crippen molar-refractivity contribution in [1.82, 2.24) is 4.90 Å². The maximum Gasteiger partial charge on any atom is 0.0589 e. The van der Waals surface area contributed by atoms with Crippen molar-refractivity contribution in [3.63, 3.8) is 0 Å². The second-order valence-electron chi connectivity index (χ2n) is 3.01. The first-order valence-corrected chi connectivity index (χ1v) is 4.62. The predicted octanol–water partition coefficient (Wildman–Crippen LogP) is 1.34. The molecule has 1 saturated heterocycles. The number of nitrogens with zero attached hydrogens (tertiary/aromatic N) is 1. The van der Waals surface area contributed by atoms with E-state index in [0.29, 0.717) is 5.38 Å². The van der Waals surface area contributed by atoms with Crippen LogP contribution in [0.15, 0.2) is 0 Å². The van der Waals surface area contributed by atoms with Crippen LogP contribution in [-0.4, -0.2) is 43.6 Å². The van der Waals surface area contributed by atoms with Gasteiger partial charge in [-0.15, -0.1) is 11.6 Å². The van der Waals surface area contributed by atoms with Crippen LogP contribution in [0.1, 0.15) is 12.8 Å². The van der Waals surface area contributed by atoms with Gasteiger partial charge in [-0.1, -0.05) is 0 Å². The Kier molecular flexibility index (Phi) is 4.20. The van der Waals surface area contributed by atoms with Crippen LogP contribution in [0.2, 0.25) is 0 Å². The Balaban J connectivity index is 2.07. The number of halogens is 1. The number of hydrogen-bond acceptors (Lipinski definition) is 2. The SMILES string of the molecule is COCCN1CCC(Cl)CC1.